The lowest BCUT2D eigenvalue weighted by atomic mass is 10.0. The Bertz CT molecular complexity index is 921. The van der Waals surface area contributed by atoms with E-state index in [1.54, 1.807) is 17.5 Å². The van der Waals surface area contributed by atoms with E-state index in [4.69, 9.17) is 4.42 Å². The second-order valence-corrected chi connectivity index (χ2v) is 6.22. The molecule has 1 N–H and O–H groups in total. The van der Waals surface area contributed by atoms with E-state index in [0.29, 0.717) is 11.3 Å². The van der Waals surface area contributed by atoms with Crippen LogP contribution in [0.4, 0.5) is 5.00 Å². The van der Waals surface area contributed by atoms with Gasteiger partial charge in [-0.3, -0.25) is 4.79 Å². The molecule has 25 heavy (non-hydrogen) atoms. The van der Waals surface area contributed by atoms with E-state index in [-0.39, 0.29) is 10.6 Å². The molecule has 0 fully saturated rings. The topological polar surface area (TPSA) is 82.4 Å². The van der Waals surface area contributed by atoms with Gasteiger partial charge in [-0.15, -0.1) is 11.3 Å². The van der Waals surface area contributed by atoms with Gasteiger partial charge in [-0.05, 0) is 30.7 Å². The summed E-state index contributed by atoms with van der Waals surface area (Å²) in [4.78, 5) is 23.6. The highest BCUT2D eigenvalue weighted by Gasteiger charge is 2.15. The molecule has 5 nitrogen and oxygen atoms in total. The molecule has 0 saturated heterocycles. The Morgan fingerprint density at radius 3 is 2.60 bits per heavy atom. The summed E-state index contributed by atoms with van der Waals surface area (Å²) in [5, 5.41) is 16.1. The first kappa shape index (κ1) is 16.7. The predicted octanol–water partition coefficient (Wildman–Crippen LogP) is 3.33. The number of aromatic carboxylic acids is 1. The molecule has 2 heterocycles. The van der Waals surface area contributed by atoms with Gasteiger partial charge in [-0.25, -0.2) is 0 Å². The van der Waals surface area contributed by atoms with E-state index >= 15 is 0 Å². The van der Waals surface area contributed by atoms with Crippen molar-refractivity contribution in [3.8, 4) is 11.1 Å². The summed E-state index contributed by atoms with van der Waals surface area (Å²) < 4.78 is 5.10. The number of aryl methyl sites for hydroxylation is 1. The quantitative estimate of drug-likeness (QED) is 0.714. The SMILES string of the molecule is Cc1ccc(-c2csc(NC(=O)C=Cc3ccco3)c2C(=O)[O-])cc1. The van der Waals surface area contributed by atoms with Crippen molar-refractivity contribution in [2.75, 3.05) is 5.32 Å². The van der Waals surface area contributed by atoms with Crippen LogP contribution in [0.25, 0.3) is 17.2 Å². The molecule has 0 spiro atoms. The number of hydrogen-bond donors (Lipinski definition) is 1. The number of hydrogen-bond acceptors (Lipinski definition) is 5. The number of carboxylic acid groups (broad SMARTS) is 1. The van der Waals surface area contributed by atoms with Crippen molar-refractivity contribution < 1.29 is 19.1 Å². The van der Waals surface area contributed by atoms with Crippen molar-refractivity contribution in [3.05, 3.63) is 71.0 Å². The molecule has 0 aliphatic carbocycles. The third kappa shape index (κ3) is 3.87. The predicted molar refractivity (Wildman–Crippen MR) is 95.2 cm³/mol. The molecule has 126 valence electrons. The lowest BCUT2D eigenvalue weighted by Gasteiger charge is -2.09. The second kappa shape index (κ2) is 7.19. The maximum atomic E-state index is 12.0. The Hall–Kier alpha value is -3.12. The molecule has 1 amide bonds. The number of carbonyl (C=O) groups excluding carboxylic acids is 2. The Labute approximate surface area is 148 Å². The summed E-state index contributed by atoms with van der Waals surface area (Å²) in [7, 11) is 0. The summed E-state index contributed by atoms with van der Waals surface area (Å²) >= 11 is 1.15. The van der Waals surface area contributed by atoms with Gasteiger partial charge in [0.15, 0.2) is 0 Å². The van der Waals surface area contributed by atoms with Gasteiger partial charge >= 0.3 is 0 Å². The van der Waals surface area contributed by atoms with Crippen LogP contribution in [0.15, 0.2) is 58.5 Å². The molecule has 3 aromatic rings. The third-order valence-corrected chi connectivity index (χ3v) is 4.43. The van der Waals surface area contributed by atoms with Gasteiger partial charge in [-0.2, -0.15) is 0 Å². The van der Waals surface area contributed by atoms with Crippen LogP contribution in [0.5, 0.6) is 0 Å². The van der Waals surface area contributed by atoms with Gasteiger partial charge in [0.05, 0.1) is 12.2 Å². The highest BCUT2D eigenvalue weighted by molar-refractivity contribution is 7.15. The number of furan rings is 1. The molecule has 2 aromatic heterocycles. The number of carbonyl (C=O) groups is 2. The van der Waals surface area contributed by atoms with Crippen LogP contribution in [0.2, 0.25) is 0 Å². The van der Waals surface area contributed by atoms with Crippen LogP contribution >= 0.6 is 11.3 Å². The Morgan fingerprint density at radius 1 is 1.20 bits per heavy atom. The van der Waals surface area contributed by atoms with E-state index in [1.807, 2.05) is 31.2 Å². The number of thiophene rings is 1. The number of benzene rings is 1. The molecule has 3 rings (SSSR count). The average Bonchev–Trinajstić information content (AvgIpc) is 3.23. The number of nitrogens with one attached hydrogen (secondary N) is 1. The highest BCUT2D eigenvalue weighted by Crippen LogP contribution is 2.35. The molecular formula is C19H14NO4S-. The fourth-order valence-corrected chi connectivity index (χ4v) is 3.26. The molecule has 0 saturated carbocycles. The zero-order chi connectivity index (χ0) is 17.8. The molecular weight excluding hydrogens is 338 g/mol. The minimum absolute atomic E-state index is 0.0198. The zero-order valence-electron chi connectivity index (χ0n) is 13.3. The summed E-state index contributed by atoms with van der Waals surface area (Å²) in [5.41, 5.74) is 2.34. The average molecular weight is 352 g/mol. The lowest BCUT2D eigenvalue weighted by molar-refractivity contribution is -0.254. The van der Waals surface area contributed by atoms with E-state index in [0.717, 1.165) is 22.5 Å². The molecule has 1 aromatic carbocycles. The summed E-state index contributed by atoms with van der Waals surface area (Å²) in [5.74, 6) is -1.25. The van der Waals surface area contributed by atoms with Crippen LogP contribution in [0.1, 0.15) is 21.7 Å². The van der Waals surface area contributed by atoms with Crippen LogP contribution in [-0.4, -0.2) is 11.9 Å². The normalized spacial score (nSPS) is 10.9. The first-order chi connectivity index (χ1) is 12.0. The maximum absolute atomic E-state index is 12.0. The summed E-state index contributed by atoms with van der Waals surface area (Å²) in [6.45, 7) is 1.95. The summed E-state index contributed by atoms with van der Waals surface area (Å²) in [6, 6.07) is 10.9. The van der Waals surface area contributed by atoms with Crippen LogP contribution < -0.4 is 10.4 Å². The third-order valence-electron chi connectivity index (χ3n) is 3.54. The monoisotopic (exact) mass is 352 g/mol. The molecule has 0 atom stereocenters. The Morgan fingerprint density at radius 2 is 1.96 bits per heavy atom. The first-order valence-electron chi connectivity index (χ1n) is 7.47. The smallest absolute Gasteiger partial charge is 0.249 e. The fourth-order valence-electron chi connectivity index (χ4n) is 2.30. The van der Waals surface area contributed by atoms with E-state index in [1.165, 1.54) is 18.4 Å². The van der Waals surface area contributed by atoms with Gasteiger partial charge in [0, 0.05) is 22.6 Å². The lowest BCUT2D eigenvalue weighted by Crippen LogP contribution is -2.24. The minimum atomic E-state index is -1.33. The Kier molecular flexibility index (Phi) is 4.81. The molecule has 6 heteroatoms. The van der Waals surface area contributed by atoms with Crippen molar-refractivity contribution in [1.29, 1.82) is 0 Å². The highest BCUT2D eigenvalue weighted by atomic mass is 32.1. The van der Waals surface area contributed by atoms with Gasteiger partial charge in [0.25, 0.3) is 0 Å². The van der Waals surface area contributed by atoms with Crippen molar-refractivity contribution in [2.24, 2.45) is 0 Å². The van der Waals surface area contributed by atoms with Crippen molar-refractivity contribution in [3.63, 3.8) is 0 Å². The van der Waals surface area contributed by atoms with Gasteiger partial charge < -0.3 is 19.6 Å². The largest absolute Gasteiger partial charge is 0.545 e. The van der Waals surface area contributed by atoms with Crippen LogP contribution in [0, 0.1) is 6.92 Å². The van der Waals surface area contributed by atoms with Crippen molar-refractivity contribution >= 4 is 34.3 Å². The molecule has 0 bridgehead atoms. The molecule has 0 unspecified atom stereocenters. The number of anilines is 1. The molecule has 0 aliphatic rings. The standard InChI is InChI=1S/C19H15NO4S/c1-12-4-6-13(7-5-12)15-11-25-18(17(15)19(22)23)20-16(21)9-8-14-3-2-10-24-14/h2-11H,1H3,(H,20,21)(H,22,23)/p-1. The van der Waals surface area contributed by atoms with E-state index in [2.05, 4.69) is 5.32 Å². The van der Waals surface area contributed by atoms with Crippen LogP contribution in [0.3, 0.4) is 0 Å². The molecule has 0 aliphatic heterocycles. The number of rotatable bonds is 5. The second-order valence-electron chi connectivity index (χ2n) is 5.34. The van der Waals surface area contributed by atoms with Crippen molar-refractivity contribution in [1.82, 2.24) is 0 Å². The number of amides is 1. The van der Waals surface area contributed by atoms with Crippen molar-refractivity contribution in [2.45, 2.75) is 6.92 Å². The fraction of sp³-hybridized carbons (Fsp3) is 0.0526. The zero-order valence-corrected chi connectivity index (χ0v) is 14.1. The first-order valence-corrected chi connectivity index (χ1v) is 8.35. The maximum Gasteiger partial charge on any atom is 0.249 e. The van der Waals surface area contributed by atoms with E-state index < -0.39 is 11.9 Å². The Balaban J connectivity index is 1.85. The van der Waals surface area contributed by atoms with E-state index in [9.17, 15) is 14.7 Å². The van der Waals surface area contributed by atoms with Gasteiger partial charge in [0.2, 0.25) is 5.91 Å². The van der Waals surface area contributed by atoms with Crippen LogP contribution in [-0.2, 0) is 4.79 Å². The van der Waals surface area contributed by atoms with Gasteiger partial charge in [0.1, 0.15) is 10.8 Å². The minimum Gasteiger partial charge on any atom is -0.545 e. The molecule has 0 radical (unpaired) electrons. The van der Waals surface area contributed by atoms with Gasteiger partial charge in [-0.1, -0.05) is 29.8 Å². The number of carboxylic acids is 1. The summed E-state index contributed by atoms with van der Waals surface area (Å²) in [6.07, 6.45) is 4.28.